The summed E-state index contributed by atoms with van der Waals surface area (Å²) in [6, 6.07) is 3.55. The lowest BCUT2D eigenvalue weighted by atomic mass is 9.94. The van der Waals surface area contributed by atoms with E-state index in [1.165, 1.54) is 0 Å². The van der Waals surface area contributed by atoms with Crippen molar-refractivity contribution in [1.29, 1.82) is 0 Å². The standard InChI is InChI=1S/C18H24ClNO4S/c1-2-25(22)16-6-4-3-5-14(16)20-17(21)11-12-9-13(19)18-15(10-12)23-7-8-24-18/h9-10,14,16H,2-8,11H2,1H3,(H,20,21)/t14-,16-,25+/m1/s1. The third-order valence-corrected chi connectivity index (χ3v) is 6.78. The van der Waals surface area contributed by atoms with Gasteiger partial charge in [0.25, 0.3) is 0 Å². The molecule has 1 aromatic rings. The molecule has 3 atom stereocenters. The number of carbonyl (C=O) groups is 1. The molecule has 1 heterocycles. The third kappa shape index (κ3) is 4.47. The van der Waals surface area contributed by atoms with Crippen molar-refractivity contribution in [2.24, 2.45) is 0 Å². The molecule has 1 aliphatic carbocycles. The van der Waals surface area contributed by atoms with Crippen LogP contribution in [0, 0.1) is 0 Å². The predicted molar refractivity (Wildman–Crippen MR) is 99.0 cm³/mol. The fourth-order valence-corrected chi connectivity index (χ4v) is 5.22. The summed E-state index contributed by atoms with van der Waals surface area (Å²) < 4.78 is 23.3. The first-order chi connectivity index (χ1) is 12.1. The Kier molecular flexibility index (Phi) is 6.23. The largest absolute Gasteiger partial charge is 0.486 e. The molecule has 25 heavy (non-hydrogen) atoms. The Morgan fingerprint density at radius 1 is 1.28 bits per heavy atom. The van der Waals surface area contributed by atoms with Crippen molar-refractivity contribution in [3.63, 3.8) is 0 Å². The van der Waals surface area contributed by atoms with Crippen molar-refractivity contribution in [2.45, 2.75) is 50.3 Å². The van der Waals surface area contributed by atoms with Gasteiger partial charge >= 0.3 is 0 Å². The third-order valence-electron chi connectivity index (χ3n) is 4.69. The summed E-state index contributed by atoms with van der Waals surface area (Å²) >= 11 is 6.23. The normalized spacial score (nSPS) is 23.8. The lowest BCUT2D eigenvalue weighted by Crippen LogP contribution is -2.47. The number of carbonyl (C=O) groups excluding carboxylic acids is 1. The summed E-state index contributed by atoms with van der Waals surface area (Å²) in [5, 5.41) is 3.61. The average molecular weight is 386 g/mol. The van der Waals surface area contributed by atoms with E-state index in [1.807, 2.05) is 13.0 Å². The van der Waals surface area contributed by atoms with Gasteiger partial charge in [0.1, 0.15) is 13.2 Å². The minimum Gasteiger partial charge on any atom is -0.486 e. The van der Waals surface area contributed by atoms with Gasteiger partial charge in [0.15, 0.2) is 11.5 Å². The van der Waals surface area contributed by atoms with E-state index < -0.39 is 10.8 Å². The summed E-state index contributed by atoms with van der Waals surface area (Å²) in [7, 11) is -0.884. The number of nitrogens with one attached hydrogen (secondary N) is 1. The molecule has 5 nitrogen and oxygen atoms in total. The highest BCUT2D eigenvalue weighted by molar-refractivity contribution is 7.85. The quantitative estimate of drug-likeness (QED) is 0.846. The molecular formula is C18H24ClNO4S. The topological polar surface area (TPSA) is 64.6 Å². The summed E-state index contributed by atoms with van der Waals surface area (Å²) in [6.45, 7) is 2.89. The van der Waals surface area contributed by atoms with Crippen LogP contribution in [0.1, 0.15) is 38.2 Å². The Hall–Kier alpha value is -1.27. The fourth-order valence-electron chi connectivity index (χ4n) is 3.50. The molecule has 0 spiro atoms. The molecule has 1 N–H and O–H groups in total. The highest BCUT2D eigenvalue weighted by Gasteiger charge is 2.30. The number of ether oxygens (including phenoxy) is 2. The van der Waals surface area contributed by atoms with Crippen LogP contribution < -0.4 is 14.8 Å². The van der Waals surface area contributed by atoms with Crippen LogP contribution in [-0.4, -0.2) is 40.4 Å². The number of halogens is 1. The summed E-state index contributed by atoms with van der Waals surface area (Å²) in [5.41, 5.74) is 0.788. The Balaban J connectivity index is 1.66. The fraction of sp³-hybridized carbons (Fsp3) is 0.611. The van der Waals surface area contributed by atoms with Crippen molar-refractivity contribution in [3.05, 3.63) is 22.7 Å². The van der Waals surface area contributed by atoms with Crippen LogP contribution in [0.25, 0.3) is 0 Å². The molecule has 2 aliphatic rings. The minimum absolute atomic E-state index is 0.00489. The minimum atomic E-state index is -0.884. The summed E-state index contributed by atoms with van der Waals surface area (Å²) in [5.74, 6) is 1.69. The van der Waals surface area contributed by atoms with Gasteiger partial charge in [-0.15, -0.1) is 0 Å². The van der Waals surface area contributed by atoms with Gasteiger partial charge in [-0.3, -0.25) is 9.00 Å². The van der Waals surface area contributed by atoms with Crippen molar-refractivity contribution in [3.8, 4) is 11.5 Å². The lowest BCUT2D eigenvalue weighted by molar-refractivity contribution is -0.121. The zero-order valence-electron chi connectivity index (χ0n) is 14.4. The molecule has 1 aromatic carbocycles. The van der Waals surface area contributed by atoms with Crippen molar-refractivity contribution in [1.82, 2.24) is 5.32 Å². The van der Waals surface area contributed by atoms with Crippen LogP contribution in [0.15, 0.2) is 12.1 Å². The van der Waals surface area contributed by atoms with Gasteiger partial charge in [0.2, 0.25) is 5.91 Å². The zero-order valence-corrected chi connectivity index (χ0v) is 16.0. The molecule has 1 saturated carbocycles. The average Bonchev–Trinajstić information content (AvgIpc) is 2.61. The maximum Gasteiger partial charge on any atom is 0.224 e. The molecule has 0 saturated heterocycles. The Labute approximate surface area is 155 Å². The maximum atomic E-state index is 12.5. The van der Waals surface area contributed by atoms with Crippen molar-refractivity contribution >= 4 is 28.3 Å². The molecule has 0 bridgehead atoms. The second kappa shape index (κ2) is 8.41. The van der Waals surface area contributed by atoms with E-state index in [1.54, 1.807) is 6.07 Å². The molecule has 0 radical (unpaired) electrons. The van der Waals surface area contributed by atoms with E-state index in [0.717, 1.165) is 31.2 Å². The molecule has 1 amide bonds. The summed E-state index contributed by atoms with van der Waals surface area (Å²) in [4.78, 5) is 12.5. The Morgan fingerprint density at radius 2 is 2.04 bits per heavy atom. The van der Waals surface area contributed by atoms with Crippen molar-refractivity contribution < 1.29 is 18.5 Å². The molecule has 3 rings (SSSR count). The molecule has 138 valence electrons. The molecule has 0 unspecified atom stereocenters. The second-order valence-corrected chi connectivity index (χ2v) is 8.80. The first-order valence-electron chi connectivity index (χ1n) is 8.83. The van der Waals surface area contributed by atoms with E-state index in [2.05, 4.69) is 5.32 Å². The van der Waals surface area contributed by atoms with Gasteiger partial charge in [-0.1, -0.05) is 31.4 Å². The van der Waals surface area contributed by atoms with Crippen LogP contribution in [0.3, 0.4) is 0 Å². The molecular weight excluding hydrogens is 362 g/mol. The van der Waals surface area contributed by atoms with Crippen LogP contribution in [0.5, 0.6) is 11.5 Å². The van der Waals surface area contributed by atoms with Gasteiger partial charge < -0.3 is 14.8 Å². The number of hydrogen-bond acceptors (Lipinski definition) is 4. The molecule has 0 aromatic heterocycles. The molecule has 1 fully saturated rings. The van der Waals surface area contributed by atoms with E-state index in [-0.39, 0.29) is 23.6 Å². The number of benzene rings is 1. The smallest absolute Gasteiger partial charge is 0.224 e. The van der Waals surface area contributed by atoms with Gasteiger partial charge in [0, 0.05) is 22.6 Å². The first-order valence-corrected chi connectivity index (χ1v) is 10.6. The van der Waals surface area contributed by atoms with Gasteiger partial charge in [-0.25, -0.2) is 0 Å². The lowest BCUT2D eigenvalue weighted by Gasteiger charge is -2.31. The summed E-state index contributed by atoms with van der Waals surface area (Å²) in [6.07, 6.45) is 4.18. The number of hydrogen-bond donors (Lipinski definition) is 1. The van der Waals surface area contributed by atoms with Gasteiger partial charge in [-0.05, 0) is 30.5 Å². The highest BCUT2D eigenvalue weighted by Crippen LogP contribution is 2.38. The van der Waals surface area contributed by atoms with Crippen LogP contribution in [0.2, 0.25) is 5.02 Å². The van der Waals surface area contributed by atoms with E-state index in [0.29, 0.717) is 35.5 Å². The second-order valence-electron chi connectivity index (χ2n) is 6.44. The van der Waals surface area contributed by atoms with Gasteiger partial charge in [-0.2, -0.15) is 0 Å². The molecule has 7 heteroatoms. The van der Waals surface area contributed by atoms with Crippen LogP contribution in [-0.2, 0) is 22.0 Å². The zero-order chi connectivity index (χ0) is 17.8. The SMILES string of the molecule is CC[S@](=O)[C@@H]1CCCC[C@H]1NC(=O)Cc1cc(Cl)c2c(c1)OCCO2. The molecule has 1 aliphatic heterocycles. The van der Waals surface area contributed by atoms with E-state index in [4.69, 9.17) is 21.1 Å². The number of fused-ring (bicyclic) bond motifs is 1. The maximum absolute atomic E-state index is 12.5. The Bertz CT molecular complexity index is 667. The van der Waals surface area contributed by atoms with Gasteiger partial charge in [0.05, 0.1) is 16.7 Å². The van der Waals surface area contributed by atoms with Crippen molar-refractivity contribution in [2.75, 3.05) is 19.0 Å². The number of amides is 1. The van der Waals surface area contributed by atoms with Crippen LogP contribution in [0.4, 0.5) is 0 Å². The first kappa shape index (κ1) is 18.5. The predicted octanol–water partition coefficient (Wildman–Crippen LogP) is 2.85. The van der Waals surface area contributed by atoms with E-state index in [9.17, 15) is 9.00 Å². The van der Waals surface area contributed by atoms with Crippen LogP contribution >= 0.6 is 11.6 Å². The highest BCUT2D eigenvalue weighted by atomic mass is 35.5. The Morgan fingerprint density at radius 3 is 2.84 bits per heavy atom. The number of rotatable bonds is 5. The van der Waals surface area contributed by atoms with E-state index >= 15 is 0 Å². The monoisotopic (exact) mass is 385 g/mol.